The Kier molecular flexibility index (Phi) is 2.36. The van der Waals surface area contributed by atoms with Gasteiger partial charge in [0.05, 0.1) is 0 Å². The van der Waals surface area contributed by atoms with E-state index in [1.165, 1.54) is 24.0 Å². The molecule has 1 aromatic carbocycles. The number of nitrogens with one attached hydrogen (secondary N) is 1. The summed E-state index contributed by atoms with van der Waals surface area (Å²) in [6, 6.07) is 9.48. The molecule has 0 spiro atoms. The van der Waals surface area contributed by atoms with E-state index in [9.17, 15) is 0 Å². The van der Waals surface area contributed by atoms with Crippen molar-refractivity contribution in [3.63, 3.8) is 0 Å². The average Bonchev–Trinajstić information content (AvgIpc) is 2.88. The van der Waals surface area contributed by atoms with E-state index in [1.807, 2.05) is 0 Å². The lowest BCUT2D eigenvalue weighted by atomic mass is 10.0. The topological polar surface area (TPSA) is 12.0 Å². The van der Waals surface area contributed by atoms with Crippen LogP contribution in [0.3, 0.4) is 0 Å². The second-order valence-electron chi connectivity index (χ2n) is 4.02. The largest absolute Gasteiger partial charge is 0.317 e. The third-order valence-corrected chi connectivity index (χ3v) is 3.04. The monoisotopic (exact) mass is 175 g/mol. The summed E-state index contributed by atoms with van der Waals surface area (Å²) in [7, 11) is 2.06. The molecule has 0 saturated heterocycles. The SMILES string of the molecule is CNC1CC1Cc1ccccc1C. The molecule has 1 aromatic rings. The predicted octanol–water partition coefficient (Wildman–Crippen LogP) is 2.15. The molecule has 1 N–H and O–H groups in total. The van der Waals surface area contributed by atoms with Gasteiger partial charge in [0.1, 0.15) is 0 Å². The molecule has 2 unspecified atom stereocenters. The summed E-state index contributed by atoms with van der Waals surface area (Å²) >= 11 is 0. The van der Waals surface area contributed by atoms with Gasteiger partial charge in [0, 0.05) is 6.04 Å². The van der Waals surface area contributed by atoms with Crippen molar-refractivity contribution in [2.24, 2.45) is 5.92 Å². The molecule has 13 heavy (non-hydrogen) atoms. The fourth-order valence-corrected chi connectivity index (χ4v) is 1.95. The van der Waals surface area contributed by atoms with Crippen molar-refractivity contribution in [1.29, 1.82) is 0 Å². The molecule has 70 valence electrons. The zero-order chi connectivity index (χ0) is 9.26. The lowest BCUT2D eigenvalue weighted by molar-refractivity contribution is 0.700. The molecule has 0 radical (unpaired) electrons. The van der Waals surface area contributed by atoms with Crippen LogP contribution in [0.1, 0.15) is 17.5 Å². The van der Waals surface area contributed by atoms with Crippen molar-refractivity contribution in [1.82, 2.24) is 5.32 Å². The van der Waals surface area contributed by atoms with Gasteiger partial charge in [-0.1, -0.05) is 24.3 Å². The number of hydrogen-bond acceptors (Lipinski definition) is 1. The molecule has 0 heterocycles. The Morgan fingerprint density at radius 1 is 1.38 bits per heavy atom. The Labute approximate surface area is 80.2 Å². The van der Waals surface area contributed by atoms with E-state index in [1.54, 1.807) is 0 Å². The van der Waals surface area contributed by atoms with Crippen LogP contribution in [-0.4, -0.2) is 13.1 Å². The summed E-state index contributed by atoms with van der Waals surface area (Å²) < 4.78 is 0. The van der Waals surface area contributed by atoms with Crippen LogP contribution in [0.15, 0.2) is 24.3 Å². The maximum absolute atomic E-state index is 3.33. The summed E-state index contributed by atoms with van der Waals surface area (Å²) in [5.74, 6) is 0.881. The van der Waals surface area contributed by atoms with Crippen LogP contribution in [0.2, 0.25) is 0 Å². The summed E-state index contributed by atoms with van der Waals surface area (Å²) in [6.45, 7) is 2.20. The molecule has 1 heteroatoms. The zero-order valence-corrected chi connectivity index (χ0v) is 8.38. The average molecular weight is 175 g/mol. The normalized spacial score (nSPS) is 26.0. The van der Waals surface area contributed by atoms with E-state index >= 15 is 0 Å². The molecule has 0 amide bonds. The minimum Gasteiger partial charge on any atom is -0.317 e. The van der Waals surface area contributed by atoms with E-state index in [4.69, 9.17) is 0 Å². The third-order valence-electron chi connectivity index (χ3n) is 3.04. The molecular formula is C12H17N. The molecule has 1 aliphatic carbocycles. The molecule has 2 rings (SSSR count). The number of aryl methyl sites for hydroxylation is 1. The van der Waals surface area contributed by atoms with E-state index in [0.29, 0.717) is 0 Å². The van der Waals surface area contributed by atoms with Gasteiger partial charge in [-0.15, -0.1) is 0 Å². The van der Waals surface area contributed by atoms with Crippen LogP contribution in [0, 0.1) is 12.8 Å². The Morgan fingerprint density at radius 3 is 2.77 bits per heavy atom. The molecular weight excluding hydrogens is 158 g/mol. The highest BCUT2D eigenvalue weighted by Crippen LogP contribution is 2.33. The first-order valence-corrected chi connectivity index (χ1v) is 5.03. The van der Waals surface area contributed by atoms with Gasteiger partial charge in [-0.25, -0.2) is 0 Å². The minimum atomic E-state index is 0.777. The highest BCUT2D eigenvalue weighted by molar-refractivity contribution is 5.27. The first-order chi connectivity index (χ1) is 6.31. The number of rotatable bonds is 3. The Balaban J connectivity index is 1.99. The van der Waals surface area contributed by atoms with Gasteiger partial charge in [-0.3, -0.25) is 0 Å². The van der Waals surface area contributed by atoms with E-state index in [0.717, 1.165) is 12.0 Å². The Hall–Kier alpha value is -0.820. The quantitative estimate of drug-likeness (QED) is 0.742. The molecule has 0 aliphatic heterocycles. The molecule has 1 fully saturated rings. The van der Waals surface area contributed by atoms with E-state index in [-0.39, 0.29) is 0 Å². The maximum Gasteiger partial charge on any atom is 0.00994 e. The summed E-state index contributed by atoms with van der Waals surface area (Å²) in [6.07, 6.45) is 2.60. The van der Waals surface area contributed by atoms with Crippen molar-refractivity contribution in [3.05, 3.63) is 35.4 Å². The van der Waals surface area contributed by atoms with Crippen molar-refractivity contribution < 1.29 is 0 Å². The van der Waals surface area contributed by atoms with Gasteiger partial charge >= 0.3 is 0 Å². The predicted molar refractivity (Wildman–Crippen MR) is 55.8 cm³/mol. The minimum absolute atomic E-state index is 0.777. The first-order valence-electron chi connectivity index (χ1n) is 5.03. The highest BCUT2D eigenvalue weighted by atomic mass is 14.9. The molecule has 1 saturated carbocycles. The molecule has 1 aliphatic rings. The van der Waals surface area contributed by atoms with Crippen molar-refractivity contribution in [3.8, 4) is 0 Å². The van der Waals surface area contributed by atoms with Crippen LogP contribution >= 0.6 is 0 Å². The van der Waals surface area contributed by atoms with Crippen LogP contribution in [0.5, 0.6) is 0 Å². The van der Waals surface area contributed by atoms with Gasteiger partial charge in [0.2, 0.25) is 0 Å². The third kappa shape index (κ3) is 1.92. The first kappa shape index (κ1) is 8.76. The van der Waals surface area contributed by atoms with Gasteiger partial charge in [0.15, 0.2) is 0 Å². The number of hydrogen-bond donors (Lipinski definition) is 1. The van der Waals surface area contributed by atoms with Crippen molar-refractivity contribution in [2.75, 3.05) is 7.05 Å². The maximum atomic E-state index is 3.33. The summed E-state index contributed by atoms with van der Waals surface area (Å²) in [5, 5.41) is 3.33. The van der Waals surface area contributed by atoms with E-state index in [2.05, 4.69) is 43.6 Å². The molecule has 0 aromatic heterocycles. The number of benzene rings is 1. The highest BCUT2D eigenvalue weighted by Gasteiger charge is 2.35. The van der Waals surface area contributed by atoms with Gasteiger partial charge < -0.3 is 5.32 Å². The molecule has 2 atom stereocenters. The molecule has 0 bridgehead atoms. The lowest BCUT2D eigenvalue weighted by Gasteiger charge is -2.04. The Bertz CT molecular complexity index is 293. The van der Waals surface area contributed by atoms with Gasteiger partial charge in [0.25, 0.3) is 0 Å². The fraction of sp³-hybridized carbons (Fsp3) is 0.500. The van der Waals surface area contributed by atoms with Crippen LogP contribution in [0.4, 0.5) is 0 Å². The van der Waals surface area contributed by atoms with Crippen LogP contribution in [-0.2, 0) is 6.42 Å². The van der Waals surface area contributed by atoms with Crippen molar-refractivity contribution >= 4 is 0 Å². The van der Waals surface area contributed by atoms with Gasteiger partial charge in [-0.05, 0) is 43.9 Å². The summed E-state index contributed by atoms with van der Waals surface area (Å²) in [5.41, 5.74) is 2.95. The smallest absolute Gasteiger partial charge is 0.00994 e. The van der Waals surface area contributed by atoms with E-state index < -0.39 is 0 Å². The lowest BCUT2D eigenvalue weighted by Crippen LogP contribution is -2.11. The van der Waals surface area contributed by atoms with Gasteiger partial charge in [-0.2, -0.15) is 0 Å². The Morgan fingerprint density at radius 2 is 2.15 bits per heavy atom. The van der Waals surface area contributed by atoms with Crippen molar-refractivity contribution in [2.45, 2.75) is 25.8 Å². The molecule has 1 nitrogen and oxygen atoms in total. The van der Waals surface area contributed by atoms with Crippen LogP contribution < -0.4 is 5.32 Å². The fourth-order valence-electron chi connectivity index (χ4n) is 1.95. The van der Waals surface area contributed by atoms with Crippen LogP contribution in [0.25, 0.3) is 0 Å². The second-order valence-corrected chi connectivity index (χ2v) is 4.02. The standard InChI is InChI=1S/C12H17N/c1-9-5-3-4-6-10(9)7-11-8-12(11)13-2/h3-6,11-13H,7-8H2,1-2H3. The summed E-state index contributed by atoms with van der Waals surface area (Å²) in [4.78, 5) is 0. The second kappa shape index (κ2) is 3.51. The zero-order valence-electron chi connectivity index (χ0n) is 8.38.